The van der Waals surface area contributed by atoms with Gasteiger partial charge in [-0.3, -0.25) is 0 Å². The zero-order valence-electron chi connectivity index (χ0n) is 10.9. The first-order valence-electron chi connectivity index (χ1n) is 7.33. The highest BCUT2D eigenvalue weighted by Gasteiger charge is 2.13. The molecule has 1 saturated carbocycles. The van der Waals surface area contributed by atoms with E-state index >= 15 is 0 Å². The van der Waals surface area contributed by atoms with Crippen LogP contribution in [0, 0.1) is 11.8 Å². The Morgan fingerprint density at radius 2 is 1.60 bits per heavy atom. The zero-order chi connectivity index (χ0) is 10.9. The molecule has 0 heteroatoms. The summed E-state index contributed by atoms with van der Waals surface area (Å²) in [4.78, 5) is 0. The summed E-state index contributed by atoms with van der Waals surface area (Å²) in [5, 5.41) is 0. The van der Waals surface area contributed by atoms with Crippen LogP contribution in [0.5, 0.6) is 0 Å². The Morgan fingerprint density at radius 3 is 2.33 bits per heavy atom. The van der Waals surface area contributed by atoms with Crippen LogP contribution in [-0.4, -0.2) is 0 Å². The Balaban J connectivity index is 2.29. The number of hydrogen-bond acceptors (Lipinski definition) is 0. The van der Waals surface area contributed by atoms with Crippen LogP contribution in [-0.2, 0) is 0 Å². The van der Waals surface area contributed by atoms with E-state index in [2.05, 4.69) is 13.8 Å². The standard InChI is InChI=1S/C15H30/c1-3-4-11-15-12-9-7-5-6-8-10-14(2)13-15/h14-15H,3-13H2,1-2H3. The summed E-state index contributed by atoms with van der Waals surface area (Å²) in [6.45, 7) is 4.80. The van der Waals surface area contributed by atoms with E-state index in [0.717, 1.165) is 11.8 Å². The molecule has 0 bridgehead atoms. The maximum Gasteiger partial charge on any atom is -0.0412 e. The second-order valence-electron chi connectivity index (χ2n) is 5.69. The molecular formula is C15H30. The summed E-state index contributed by atoms with van der Waals surface area (Å²) in [5.74, 6) is 2.04. The van der Waals surface area contributed by atoms with E-state index in [1.165, 1.54) is 70.6 Å². The maximum atomic E-state index is 2.47. The number of hydrogen-bond donors (Lipinski definition) is 0. The normalized spacial score (nSPS) is 30.0. The Hall–Kier alpha value is 0. The molecular weight excluding hydrogens is 180 g/mol. The van der Waals surface area contributed by atoms with Crippen molar-refractivity contribution in [2.75, 3.05) is 0 Å². The van der Waals surface area contributed by atoms with E-state index in [-0.39, 0.29) is 0 Å². The van der Waals surface area contributed by atoms with Crippen LogP contribution in [0.4, 0.5) is 0 Å². The fourth-order valence-corrected chi connectivity index (χ4v) is 3.02. The third-order valence-electron chi connectivity index (χ3n) is 4.01. The molecule has 0 aromatic heterocycles. The van der Waals surface area contributed by atoms with Crippen LogP contribution in [0.25, 0.3) is 0 Å². The maximum absolute atomic E-state index is 2.47. The van der Waals surface area contributed by atoms with E-state index in [1.807, 2.05) is 0 Å². The van der Waals surface area contributed by atoms with Crippen LogP contribution in [0.15, 0.2) is 0 Å². The SMILES string of the molecule is CCCCC1CCCCCCCC(C)C1. The van der Waals surface area contributed by atoms with E-state index in [0.29, 0.717) is 0 Å². The van der Waals surface area contributed by atoms with Crippen molar-refractivity contribution >= 4 is 0 Å². The van der Waals surface area contributed by atoms with Crippen molar-refractivity contribution in [1.29, 1.82) is 0 Å². The highest BCUT2D eigenvalue weighted by molar-refractivity contribution is 4.66. The van der Waals surface area contributed by atoms with Crippen molar-refractivity contribution in [2.45, 2.75) is 84.5 Å². The molecule has 90 valence electrons. The van der Waals surface area contributed by atoms with Crippen LogP contribution in [0.3, 0.4) is 0 Å². The van der Waals surface area contributed by atoms with Gasteiger partial charge in [0.15, 0.2) is 0 Å². The molecule has 0 aliphatic heterocycles. The van der Waals surface area contributed by atoms with Gasteiger partial charge in [0.2, 0.25) is 0 Å². The first-order valence-corrected chi connectivity index (χ1v) is 7.33. The molecule has 2 unspecified atom stereocenters. The molecule has 0 aromatic rings. The van der Waals surface area contributed by atoms with Crippen molar-refractivity contribution in [1.82, 2.24) is 0 Å². The smallest absolute Gasteiger partial charge is 0.0412 e. The van der Waals surface area contributed by atoms with Gasteiger partial charge in [-0.15, -0.1) is 0 Å². The molecule has 0 amide bonds. The number of rotatable bonds is 3. The lowest BCUT2D eigenvalue weighted by Gasteiger charge is -2.22. The Labute approximate surface area is 96.8 Å². The lowest BCUT2D eigenvalue weighted by Crippen LogP contribution is -2.08. The second-order valence-corrected chi connectivity index (χ2v) is 5.69. The van der Waals surface area contributed by atoms with E-state index in [1.54, 1.807) is 0 Å². The zero-order valence-corrected chi connectivity index (χ0v) is 10.9. The van der Waals surface area contributed by atoms with Gasteiger partial charge in [0, 0.05) is 0 Å². The fraction of sp³-hybridized carbons (Fsp3) is 1.00. The summed E-state index contributed by atoms with van der Waals surface area (Å²) >= 11 is 0. The van der Waals surface area contributed by atoms with Gasteiger partial charge >= 0.3 is 0 Å². The van der Waals surface area contributed by atoms with E-state index < -0.39 is 0 Å². The molecule has 0 saturated heterocycles. The van der Waals surface area contributed by atoms with Gasteiger partial charge < -0.3 is 0 Å². The first-order chi connectivity index (χ1) is 7.33. The van der Waals surface area contributed by atoms with Gasteiger partial charge in [0.05, 0.1) is 0 Å². The summed E-state index contributed by atoms with van der Waals surface area (Å²) in [5.41, 5.74) is 0. The Kier molecular flexibility index (Phi) is 7.13. The molecule has 2 atom stereocenters. The minimum absolute atomic E-state index is 0.991. The molecule has 0 spiro atoms. The average Bonchev–Trinajstić information content (AvgIpc) is 2.24. The van der Waals surface area contributed by atoms with Crippen molar-refractivity contribution in [2.24, 2.45) is 11.8 Å². The molecule has 15 heavy (non-hydrogen) atoms. The predicted molar refractivity (Wildman–Crippen MR) is 69.1 cm³/mol. The van der Waals surface area contributed by atoms with Gasteiger partial charge in [0.25, 0.3) is 0 Å². The lowest BCUT2D eigenvalue weighted by molar-refractivity contribution is 0.305. The van der Waals surface area contributed by atoms with Crippen LogP contribution in [0.1, 0.15) is 84.5 Å². The highest BCUT2D eigenvalue weighted by Crippen LogP contribution is 2.28. The van der Waals surface area contributed by atoms with E-state index in [4.69, 9.17) is 0 Å². The summed E-state index contributed by atoms with van der Waals surface area (Å²) in [6, 6.07) is 0. The number of unbranched alkanes of at least 4 members (excludes halogenated alkanes) is 1. The third kappa shape index (κ3) is 6.22. The molecule has 0 heterocycles. The van der Waals surface area contributed by atoms with Gasteiger partial charge in [-0.05, 0) is 18.3 Å². The molecule has 0 radical (unpaired) electrons. The van der Waals surface area contributed by atoms with Gasteiger partial charge in [0.1, 0.15) is 0 Å². The molecule has 0 nitrogen and oxygen atoms in total. The van der Waals surface area contributed by atoms with Crippen LogP contribution < -0.4 is 0 Å². The highest BCUT2D eigenvalue weighted by atomic mass is 14.2. The molecule has 1 rings (SSSR count). The Bertz CT molecular complexity index is 139. The van der Waals surface area contributed by atoms with E-state index in [9.17, 15) is 0 Å². The predicted octanol–water partition coefficient (Wildman–Crippen LogP) is 5.56. The first kappa shape index (κ1) is 13.1. The topological polar surface area (TPSA) is 0 Å². The molecule has 1 aliphatic carbocycles. The summed E-state index contributed by atoms with van der Waals surface area (Å²) in [7, 11) is 0. The minimum Gasteiger partial charge on any atom is -0.0654 e. The molecule has 0 N–H and O–H groups in total. The Morgan fingerprint density at radius 1 is 0.933 bits per heavy atom. The van der Waals surface area contributed by atoms with Crippen LogP contribution >= 0.6 is 0 Å². The van der Waals surface area contributed by atoms with Crippen molar-refractivity contribution < 1.29 is 0 Å². The lowest BCUT2D eigenvalue weighted by atomic mass is 9.84. The largest absolute Gasteiger partial charge is 0.0654 e. The summed E-state index contributed by atoms with van der Waals surface area (Å²) < 4.78 is 0. The monoisotopic (exact) mass is 210 g/mol. The average molecular weight is 210 g/mol. The second kappa shape index (κ2) is 8.19. The quantitative estimate of drug-likeness (QED) is 0.572. The molecule has 1 fully saturated rings. The van der Waals surface area contributed by atoms with Crippen molar-refractivity contribution in [3.05, 3.63) is 0 Å². The molecule has 1 aliphatic rings. The van der Waals surface area contributed by atoms with Crippen LogP contribution in [0.2, 0.25) is 0 Å². The fourth-order valence-electron chi connectivity index (χ4n) is 3.02. The van der Waals surface area contributed by atoms with Gasteiger partial charge in [-0.1, -0.05) is 78.1 Å². The molecule has 0 aromatic carbocycles. The minimum atomic E-state index is 0.991. The van der Waals surface area contributed by atoms with Gasteiger partial charge in [-0.2, -0.15) is 0 Å². The third-order valence-corrected chi connectivity index (χ3v) is 4.01. The van der Waals surface area contributed by atoms with Crippen molar-refractivity contribution in [3.8, 4) is 0 Å². The van der Waals surface area contributed by atoms with Crippen molar-refractivity contribution in [3.63, 3.8) is 0 Å². The van der Waals surface area contributed by atoms with Gasteiger partial charge in [-0.25, -0.2) is 0 Å². The summed E-state index contributed by atoms with van der Waals surface area (Å²) in [6.07, 6.45) is 16.3.